The number of rotatable bonds is 6. The van der Waals surface area contributed by atoms with Crippen molar-refractivity contribution in [3.05, 3.63) is 54.0 Å². The van der Waals surface area contributed by atoms with Crippen molar-refractivity contribution >= 4 is 36.3 Å². The molecule has 0 spiro atoms. The van der Waals surface area contributed by atoms with Crippen molar-refractivity contribution in [1.82, 2.24) is 4.98 Å². The first-order chi connectivity index (χ1) is 12.6. The molecule has 1 aromatic heterocycles. The van der Waals surface area contributed by atoms with Crippen molar-refractivity contribution in [3.8, 4) is 0 Å². The highest BCUT2D eigenvalue weighted by Gasteiger charge is 2.18. The Labute approximate surface area is 157 Å². The lowest BCUT2D eigenvalue weighted by Gasteiger charge is -2.12. The molecule has 144 valence electrons. The molecule has 1 heterocycles. The van der Waals surface area contributed by atoms with Crippen LogP contribution in [0.3, 0.4) is 0 Å². The Kier molecular flexibility index (Phi) is 5.00. The van der Waals surface area contributed by atoms with Gasteiger partial charge in [0.1, 0.15) is 5.82 Å². The van der Waals surface area contributed by atoms with Gasteiger partial charge >= 0.3 is 0 Å². The minimum atomic E-state index is -3.61. The van der Waals surface area contributed by atoms with E-state index in [9.17, 15) is 21.2 Å². The van der Waals surface area contributed by atoms with Gasteiger partial charge in [0.2, 0.25) is 0 Å². The second kappa shape index (κ2) is 6.97. The number of nitrogens with one attached hydrogen (secondary N) is 2. The molecular formula is C18H19FN2O4S2. The summed E-state index contributed by atoms with van der Waals surface area (Å²) < 4.78 is 60.8. The lowest BCUT2D eigenvalue weighted by Crippen LogP contribution is -2.10. The van der Waals surface area contributed by atoms with Crippen LogP contribution in [0, 0.1) is 5.82 Å². The summed E-state index contributed by atoms with van der Waals surface area (Å²) in [5.41, 5.74) is 2.00. The van der Waals surface area contributed by atoms with Gasteiger partial charge in [-0.1, -0.05) is 0 Å². The zero-order valence-electron chi connectivity index (χ0n) is 14.8. The Morgan fingerprint density at radius 3 is 2.41 bits per heavy atom. The third-order valence-corrected chi connectivity index (χ3v) is 6.47. The highest BCUT2D eigenvalue weighted by atomic mass is 32.2. The third kappa shape index (κ3) is 4.30. The molecule has 0 amide bonds. The van der Waals surface area contributed by atoms with Gasteiger partial charge in [0.15, 0.2) is 19.7 Å². The van der Waals surface area contributed by atoms with Gasteiger partial charge in [-0.2, -0.15) is 0 Å². The van der Waals surface area contributed by atoms with Crippen LogP contribution in [0.5, 0.6) is 0 Å². The highest BCUT2D eigenvalue weighted by molar-refractivity contribution is 7.91. The van der Waals surface area contributed by atoms with Gasteiger partial charge in [-0.15, -0.1) is 0 Å². The number of hydrogen-bond acceptors (Lipinski definition) is 5. The summed E-state index contributed by atoms with van der Waals surface area (Å²) in [5.74, 6) is -0.321. The van der Waals surface area contributed by atoms with Gasteiger partial charge in [0, 0.05) is 36.2 Å². The SMILES string of the molecule is CS(=O)(=O)c1ccc(NCCc2c[nH]c3cc(F)ccc23)c(S(C)(=O)=O)c1. The van der Waals surface area contributed by atoms with E-state index in [-0.39, 0.29) is 15.6 Å². The third-order valence-electron chi connectivity index (χ3n) is 4.22. The lowest BCUT2D eigenvalue weighted by molar-refractivity contribution is 0.600. The molecule has 0 saturated heterocycles. The number of H-pyrrole nitrogens is 1. The predicted octanol–water partition coefficient (Wildman–Crippen LogP) is 2.77. The van der Waals surface area contributed by atoms with Crippen molar-refractivity contribution in [2.45, 2.75) is 16.2 Å². The van der Waals surface area contributed by atoms with Crippen molar-refractivity contribution in [2.24, 2.45) is 0 Å². The molecular weight excluding hydrogens is 391 g/mol. The number of anilines is 1. The molecule has 0 aliphatic carbocycles. The summed E-state index contributed by atoms with van der Waals surface area (Å²) >= 11 is 0. The maximum Gasteiger partial charge on any atom is 0.177 e. The van der Waals surface area contributed by atoms with Crippen LogP contribution >= 0.6 is 0 Å². The van der Waals surface area contributed by atoms with Crippen molar-refractivity contribution < 1.29 is 21.2 Å². The minimum Gasteiger partial charge on any atom is -0.384 e. The van der Waals surface area contributed by atoms with E-state index in [1.807, 2.05) is 0 Å². The van der Waals surface area contributed by atoms with E-state index in [0.29, 0.717) is 24.2 Å². The van der Waals surface area contributed by atoms with Crippen LogP contribution in [0.4, 0.5) is 10.1 Å². The zero-order chi connectivity index (χ0) is 19.8. The zero-order valence-corrected chi connectivity index (χ0v) is 16.4. The van der Waals surface area contributed by atoms with Crippen molar-refractivity contribution in [2.75, 3.05) is 24.4 Å². The summed E-state index contributed by atoms with van der Waals surface area (Å²) in [5, 5.41) is 3.95. The number of fused-ring (bicyclic) bond motifs is 1. The smallest absolute Gasteiger partial charge is 0.177 e. The fourth-order valence-electron chi connectivity index (χ4n) is 2.88. The number of hydrogen-bond donors (Lipinski definition) is 2. The van der Waals surface area contributed by atoms with E-state index in [1.165, 1.54) is 30.3 Å². The predicted molar refractivity (Wildman–Crippen MR) is 103 cm³/mol. The maximum absolute atomic E-state index is 13.3. The minimum absolute atomic E-state index is 0.0490. The second-order valence-electron chi connectivity index (χ2n) is 6.38. The van der Waals surface area contributed by atoms with E-state index >= 15 is 0 Å². The monoisotopic (exact) mass is 410 g/mol. The maximum atomic E-state index is 13.3. The summed E-state index contributed by atoms with van der Waals surface area (Å²) in [4.78, 5) is 2.89. The van der Waals surface area contributed by atoms with Crippen LogP contribution in [0.25, 0.3) is 10.9 Å². The van der Waals surface area contributed by atoms with Crippen molar-refractivity contribution in [3.63, 3.8) is 0 Å². The molecule has 0 atom stereocenters. The van der Waals surface area contributed by atoms with Crippen LogP contribution in [-0.2, 0) is 26.1 Å². The van der Waals surface area contributed by atoms with Crippen LogP contribution in [0.15, 0.2) is 52.4 Å². The average molecular weight is 410 g/mol. The van der Waals surface area contributed by atoms with E-state index in [2.05, 4.69) is 10.3 Å². The van der Waals surface area contributed by atoms with Gasteiger partial charge in [0.25, 0.3) is 0 Å². The number of sulfone groups is 2. The highest BCUT2D eigenvalue weighted by Crippen LogP contribution is 2.26. The van der Waals surface area contributed by atoms with Crippen LogP contribution in [-0.4, -0.2) is 40.9 Å². The summed E-state index contributed by atoms with van der Waals surface area (Å²) in [6.45, 7) is 0.422. The Morgan fingerprint density at radius 2 is 1.74 bits per heavy atom. The number of halogens is 1. The molecule has 0 bridgehead atoms. The summed E-state index contributed by atoms with van der Waals surface area (Å²) in [6, 6.07) is 8.50. The quantitative estimate of drug-likeness (QED) is 0.651. The fraction of sp³-hybridized carbons (Fsp3) is 0.222. The van der Waals surface area contributed by atoms with Gasteiger partial charge in [0.05, 0.1) is 15.5 Å². The molecule has 2 aromatic carbocycles. The fourth-order valence-corrected chi connectivity index (χ4v) is 4.49. The molecule has 0 unspecified atom stereocenters. The van der Waals surface area contributed by atoms with Crippen molar-refractivity contribution in [1.29, 1.82) is 0 Å². The average Bonchev–Trinajstić information content (AvgIpc) is 2.95. The normalized spacial score (nSPS) is 12.4. The number of aromatic amines is 1. The molecule has 27 heavy (non-hydrogen) atoms. The molecule has 6 nitrogen and oxygen atoms in total. The number of aromatic nitrogens is 1. The molecule has 3 aromatic rings. The first kappa shape index (κ1) is 19.4. The second-order valence-corrected chi connectivity index (χ2v) is 10.4. The Bertz CT molecular complexity index is 1220. The Hall–Kier alpha value is -2.39. The lowest BCUT2D eigenvalue weighted by atomic mass is 10.1. The Balaban J connectivity index is 1.83. The largest absolute Gasteiger partial charge is 0.384 e. The molecule has 0 saturated carbocycles. The number of benzene rings is 2. The first-order valence-corrected chi connectivity index (χ1v) is 11.9. The molecule has 0 aliphatic heterocycles. The molecule has 0 radical (unpaired) electrons. The first-order valence-electron chi connectivity index (χ1n) is 8.09. The Morgan fingerprint density at radius 1 is 1.00 bits per heavy atom. The standard InChI is InChI=1S/C18H19FN2O4S2/c1-26(22,23)14-4-6-16(18(10-14)27(2,24)25)20-8-7-12-11-21-17-9-13(19)3-5-15(12)17/h3-6,9-11,20-21H,7-8H2,1-2H3. The molecule has 0 fully saturated rings. The van der Waals surface area contributed by atoms with Crippen LogP contribution < -0.4 is 5.32 Å². The summed E-state index contributed by atoms with van der Waals surface area (Å²) in [7, 11) is -7.13. The van der Waals surface area contributed by atoms with Crippen LogP contribution in [0.2, 0.25) is 0 Å². The molecule has 0 aliphatic rings. The topological polar surface area (TPSA) is 96.1 Å². The van der Waals surface area contributed by atoms with E-state index in [4.69, 9.17) is 0 Å². The van der Waals surface area contributed by atoms with Gasteiger partial charge in [-0.25, -0.2) is 21.2 Å². The van der Waals surface area contributed by atoms with E-state index in [0.717, 1.165) is 23.5 Å². The van der Waals surface area contributed by atoms with Crippen LogP contribution in [0.1, 0.15) is 5.56 Å². The summed E-state index contributed by atoms with van der Waals surface area (Å²) in [6.07, 6.45) is 4.42. The molecule has 9 heteroatoms. The van der Waals surface area contributed by atoms with Gasteiger partial charge < -0.3 is 10.3 Å². The van der Waals surface area contributed by atoms with E-state index in [1.54, 1.807) is 12.3 Å². The molecule has 3 rings (SSSR count). The van der Waals surface area contributed by atoms with E-state index < -0.39 is 19.7 Å². The van der Waals surface area contributed by atoms with Gasteiger partial charge in [-0.3, -0.25) is 0 Å². The molecule has 2 N–H and O–H groups in total. The van der Waals surface area contributed by atoms with Gasteiger partial charge in [-0.05, 0) is 48.4 Å².